The van der Waals surface area contributed by atoms with Gasteiger partial charge in [0.1, 0.15) is 11.4 Å². The zero-order chi connectivity index (χ0) is 14.7. The van der Waals surface area contributed by atoms with Crippen molar-refractivity contribution in [2.45, 2.75) is 26.8 Å². The number of anilines is 1. The molecule has 0 saturated heterocycles. The van der Waals surface area contributed by atoms with E-state index in [2.05, 4.69) is 15.3 Å². The van der Waals surface area contributed by atoms with Gasteiger partial charge in [0.05, 0.1) is 6.04 Å². The molecule has 0 radical (unpaired) electrons. The molecule has 0 bridgehead atoms. The molecule has 0 spiro atoms. The van der Waals surface area contributed by atoms with Crippen molar-refractivity contribution in [3.05, 3.63) is 53.0 Å². The molecule has 20 heavy (non-hydrogen) atoms. The second-order valence-electron chi connectivity index (χ2n) is 4.76. The van der Waals surface area contributed by atoms with E-state index in [9.17, 15) is 9.90 Å². The van der Waals surface area contributed by atoms with Crippen LogP contribution in [0.15, 0.2) is 30.6 Å². The first kappa shape index (κ1) is 14.0. The van der Waals surface area contributed by atoms with Gasteiger partial charge in [-0.2, -0.15) is 0 Å². The zero-order valence-corrected chi connectivity index (χ0v) is 11.7. The summed E-state index contributed by atoms with van der Waals surface area (Å²) in [5, 5.41) is 12.5. The van der Waals surface area contributed by atoms with E-state index in [-0.39, 0.29) is 11.6 Å². The molecule has 2 rings (SSSR count). The van der Waals surface area contributed by atoms with Gasteiger partial charge in [-0.05, 0) is 44.0 Å². The van der Waals surface area contributed by atoms with Crippen LogP contribution in [0.1, 0.15) is 40.1 Å². The minimum atomic E-state index is -0.976. The van der Waals surface area contributed by atoms with Gasteiger partial charge in [-0.3, -0.25) is 4.98 Å². The van der Waals surface area contributed by atoms with Gasteiger partial charge in [-0.1, -0.05) is 6.07 Å². The van der Waals surface area contributed by atoms with Gasteiger partial charge in [-0.25, -0.2) is 9.78 Å². The van der Waals surface area contributed by atoms with Crippen LogP contribution in [0.5, 0.6) is 0 Å². The molecule has 0 saturated carbocycles. The van der Waals surface area contributed by atoms with Crippen molar-refractivity contribution < 1.29 is 9.90 Å². The third-order valence-electron chi connectivity index (χ3n) is 3.10. The highest BCUT2D eigenvalue weighted by Crippen LogP contribution is 2.23. The van der Waals surface area contributed by atoms with Crippen molar-refractivity contribution in [1.29, 1.82) is 0 Å². The van der Waals surface area contributed by atoms with E-state index in [1.807, 2.05) is 26.0 Å². The van der Waals surface area contributed by atoms with Gasteiger partial charge in [0, 0.05) is 18.1 Å². The summed E-state index contributed by atoms with van der Waals surface area (Å²) in [4.78, 5) is 19.8. The molecule has 0 fully saturated rings. The predicted octanol–water partition coefficient (Wildman–Crippen LogP) is 2.96. The molecule has 2 aromatic rings. The summed E-state index contributed by atoms with van der Waals surface area (Å²) >= 11 is 0. The van der Waals surface area contributed by atoms with E-state index in [0.29, 0.717) is 11.4 Å². The summed E-state index contributed by atoms with van der Waals surface area (Å²) in [6.45, 7) is 5.57. The molecule has 104 valence electrons. The number of rotatable bonds is 4. The minimum absolute atomic E-state index is 0.0736. The largest absolute Gasteiger partial charge is 0.478 e. The molecule has 0 aliphatic carbocycles. The summed E-state index contributed by atoms with van der Waals surface area (Å²) in [7, 11) is 0. The molecular formula is C15H17N3O2. The number of nitrogens with one attached hydrogen (secondary N) is 1. The van der Waals surface area contributed by atoms with Crippen LogP contribution in [0.25, 0.3) is 0 Å². The Kier molecular flexibility index (Phi) is 3.98. The Morgan fingerprint density at radius 1 is 1.40 bits per heavy atom. The average Bonchev–Trinajstić information content (AvgIpc) is 2.38. The minimum Gasteiger partial charge on any atom is -0.478 e. The van der Waals surface area contributed by atoms with Gasteiger partial charge in [0.25, 0.3) is 0 Å². The van der Waals surface area contributed by atoms with Gasteiger partial charge >= 0.3 is 5.97 Å². The SMILES string of the molecule is Cc1cc(C)c(C(=O)O)c(NC(C)c2cccnc2)n1. The van der Waals surface area contributed by atoms with Gasteiger partial charge in [0.2, 0.25) is 0 Å². The lowest BCUT2D eigenvalue weighted by atomic mass is 10.1. The fourth-order valence-corrected chi connectivity index (χ4v) is 2.13. The number of aryl methyl sites for hydroxylation is 2. The molecule has 2 N–H and O–H groups in total. The Morgan fingerprint density at radius 2 is 2.15 bits per heavy atom. The average molecular weight is 271 g/mol. The van der Waals surface area contributed by atoms with Crippen LogP contribution in [-0.4, -0.2) is 21.0 Å². The smallest absolute Gasteiger partial charge is 0.339 e. The predicted molar refractivity (Wildman–Crippen MR) is 76.9 cm³/mol. The lowest BCUT2D eigenvalue weighted by Crippen LogP contribution is -2.14. The van der Waals surface area contributed by atoms with E-state index in [1.165, 1.54) is 0 Å². The van der Waals surface area contributed by atoms with E-state index in [4.69, 9.17) is 0 Å². The third kappa shape index (κ3) is 2.93. The maximum Gasteiger partial charge on any atom is 0.339 e. The maximum atomic E-state index is 11.4. The van der Waals surface area contributed by atoms with Crippen LogP contribution in [0.2, 0.25) is 0 Å². The molecule has 0 amide bonds. The number of carbonyl (C=O) groups is 1. The summed E-state index contributed by atoms with van der Waals surface area (Å²) in [5.41, 5.74) is 2.68. The van der Waals surface area contributed by atoms with Crippen molar-refractivity contribution in [3.8, 4) is 0 Å². The molecular weight excluding hydrogens is 254 g/mol. The molecule has 1 unspecified atom stereocenters. The first-order valence-electron chi connectivity index (χ1n) is 6.37. The highest BCUT2D eigenvalue weighted by Gasteiger charge is 2.17. The summed E-state index contributed by atoms with van der Waals surface area (Å²) < 4.78 is 0. The number of pyridine rings is 2. The number of hydrogen-bond donors (Lipinski definition) is 2. The van der Waals surface area contributed by atoms with Crippen molar-refractivity contribution in [2.24, 2.45) is 0 Å². The number of aromatic carboxylic acids is 1. The van der Waals surface area contributed by atoms with Crippen LogP contribution in [0.4, 0.5) is 5.82 Å². The van der Waals surface area contributed by atoms with Crippen LogP contribution >= 0.6 is 0 Å². The molecule has 0 aliphatic rings. The van der Waals surface area contributed by atoms with E-state index in [1.54, 1.807) is 25.4 Å². The summed E-state index contributed by atoms with van der Waals surface area (Å²) in [6.07, 6.45) is 3.45. The molecule has 2 heterocycles. The summed E-state index contributed by atoms with van der Waals surface area (Å²) in [5.74, 6) is -0.581. The quantitative estimate of drug-likeness (QED) is 0.894. The number of carboxylic acids is 1. The first-order chi connectivity index (χ1) is 9.49. The van der Waals surface area contributed by atoms with Crippen LogP contribution in [-0.2, 0) is 0 Å². The maximum absolute atomic E-state index is 11.4. The Morgan fingerprint density at radius 3 is 2.75 bits per heavy atom. The van der Waals surface area contributed by atoms with Crippen molar-refractivity contribution in [2.75, 3.05) is 5.32 Å². The number of carboxylic acid groups (broad SMARTS) is 1. The Balaban J connectivity index is 2.36. The van der Waals surface area contributed by atoms with Gasteiger partial charge in [0.15, 0.2) is 0 Å². The second kappa shape index (κ2) is 5.69. The number of nitrogens with zero attached hydrogens (tertiary/aromatic N) is 2. The number of aromatic nitrogens is 2. The molecule has 1 atom stereocenters. The molecule has 5 nitrogen and oxygen atoms in total. The monoisotopic (exact) mass is 271 g/mol. The molecule has 2 aromatic heterocycles. The topological polar surface area (TPSA) is 75.1 Å². The Bertz CT molecular complexity index is 627. The molecule has 0 aromatic carbocycles. The fourth-order valence-electron chi connectivity index (χ4n) is 2.13. The number of hydrogen-bond acceptors (Lipinski definition) is 4. The van der Waals surface area contributed by atoms with E-state index in [0.717, 1.165) is 11.3 Å². The van der Waals surface area contributed by atoms with Crippen LogP contribution in [0, 0.1) is 13.8 Å². The Hall–Kier alpha value is -2.43. The van der Waals surface area contributed by atoms with Crippen molar-refractivity contribution in [1.82, 2.24) is 9.97 Å². The van der Waals surface area contributed by atoms with Crippen LogP contribution in [0.3, 0.4) is 0 Å². The van der Waals surface area contributed by atoms with Crippen LogP contribution < -0.4 is 5.32 Å². The molecule has 0 aliphatic heterocycles. The van der Waals surface area contributed by atoms with E-state index >= 15 is 0 Å². The van der Waals surface area contributed by atoms with E-state index < -0.39 is 5.97 Å². The lowest BCUT2D eigenvalue weighted by Gasteiger charge is -2.17. The van der Waals surface area contributed by atoms with Gasteiger partial charge < -0.3 is 10.4 Å². The Labute approximate surface area is 117 Å². The fraction of sp³-hybridized carbons (Fsp3) is 0.267. The van der Waals surface area contributed by atoms with Crippen molar-refractivity contribution in [3.63, 3.8) is 0 Å². The highest BCUT2D eigenvalue weighted by molar-refractivity contribution is 5.94. The molecule has 5 heteroatoms. The standard InChI is InChI=1S/C15H17N3O2/c1-9-7-10(2)17-14(13(9)15(19)20)18-11(3)12-5-4-6-16-8-12/h4-8,11H,1-3H3,(H,17,18)(H,19,20). The van der Waals surface area contributed by atoms with Gasteiger partial charge in [-0.15, -0.1) is 0 Å². The van der Waals surface area contributed by atoms with Crippen molar-refractivity contribution >= 4 is 11.8 Å². The normalized spacial score (nSPS) is 11.9. The third-order valence-corrected chi connectivity index (χ3v) is 3.10. The zero-order valence-electron chi connectivity index (χ0n) is 11.7. The summed E-state index contributed by atoms with van der Waals surface area (Å²) in [6, 6.07) is 5.48. The highest BCUT2D eigenvalue weighted by atomic mass is 16.4. The lowest BCUT2D eigenvalue weighted by molar-refractivity contribution is 0.0696. The second-order valence-corrected chi connectivity index (χ2v) is 4.76. The first-order valence-corrected chi connectivity index (χ1v) is 6.37.